The zero-order valence-corrected chi connectivity index (χ0v) is 10.1. The molecule has 3 nitrogen and oxygen atoms in total. The van der Waals surface area contributed by atoms with Gasteiger partial charge in [0.25, 0.3) is 0 Å². The second-order valence-electron chi connectivity index (χ2n) is 4.38. The fraction of sp³-hybridized carbons (Fsp3) is 0.308. The summed E-state index contributed by atoms with van der Waals surface area (Å²) in [5, 5.41) is 14.4. The van der Waals surface area contributed by atoms with Gasteiger partial charge in [0, 0.05) is 16.5 Å². The highest BCUT2D eigenvalue weighted by molar-refractivity contribution is 6.30. The first-order valence-corrected chi connectivity index (χ1v) is 6.11. The normalized spacial score (nSPS) is 15.2. The number of aliphatic hydroxyl groups is 1. The van der Waals surface area contributed by atoms with Gasteiger partial charge < -0.3 is 5.11 Å². The van der Waals surface area contributed by atoms with Crippen LogP contribution in [-0.2, 0) is 6.61 Å². The molecule has 1 aliphatic carbocycles. The Morgan fingerprint density at radius 1 is 1.29 bits per heavy atom. The van der Waals surface area contributed by atoms with Gasteiger partial charge in [0.05, 0.1) is 24.2 Å². The number of nitrogens with zero attached hydrogens (tertiary/aromatic N) is 2. The molecule has 0 unspecified atom stereocenters. The van der Waals surface area contributed by atoms with Gasteiger partial charge in [-0.05, 0) is 37.1 Å². The lowest BCUT2D eigenvalue weighted by atomic mass is 10.2. The van der Waals surface area contributed by atoms with E-state index in [1.54, 1.807) is 6.20 Å². The lowest BCUT2D eigenvalue weighted by Crippen LogP contribution is -2.02. The van der Waals surface area contributed by atoms with Crippen molar-refractivity contribution in [1.82, 2.24) is 9.78 Å². The fourth-order valence-corrected chi connectivity index (χ4v) is 2.22. The summed E-state index contributed by atoms with van der Waals surface area (Å²) < 4.78 is 1.92. The van der Waals surface area contributed by atoms with Crippen LogP contribution in [-0.4, -0.2) is 14.9 Å². The molecule has 1 heterocycles. The van der Waals surface area contributed by atoms with Gasteiger partial charge in [-0.1, -0.05) is 11.6 Å². The summed E-state index contributed by atoms with van der Waals surface area (Å²) in [7, 11) is 0. The van der Waals surface area contributed by atoms with Gasteiger partial charge in [0.2, 0.25) is 0 Å². The van der Waals surface area contributed by atoms with Gasteiger partial charge in [-0.15, -0.1) is 0 Å². The third kappa shape index (κ3) is 1.96. The van der Waals surface area contributed by atoms with Crippen molar-refractivity contribution in [2.75, 3.05) is 0 Å². The first-order valence-electron chi connectivity index (χ1n) is 5.73. The van der Waals surface area contributed by atoms with Crippen LogP contribution in [0.4, 0.5) is 0 Å². The van der Waals surface area contributed by atoms with E-state index in [4.69, 9.17) is 11.6 Å². The molecule has 0 aliphatic heterocycles. The zero-order valence-electron chi connectivity index (χ0n) is 9.31. The zero-order chi connectivity index (χ0) is 11.8. The predicted molar refractivity (Wildman–Crippen MR) is 66.5 cm³/mol. The minimum absolute atomic E-state index is 0.0550. The predicted octanol–water partition coefficient (Wildman–Crippen LogP) is 2.90. The van der Waals surface area contributed by atoms with Gasteiger partial charge in [-0.3, -0.25) is 0 Å². The highest BCUT2D eigenvalue weighted by Gasteiger charge is 2.30. The van der Waals surface area contributed by atoms with Crippen LogP contribution in [0.5, 0.6) is 0 Å². The van der Waals surface area contributed by atoms with E-state index < -0.39 is 0 Å². The van der Waals surface area contributed by atoms with E-state index >= 15 is 0 Å². The standard InChI is InChI=1S/C13H13ClN2O/c14-11-3-5-12(6-4-11)16-13(9-1-2-9)10(8-17)7-15-16/h3-7,9,17H,1-2,8H2. The molecule has 88 valence electrons. The molecule has 2 aromatic rings. The third-order valence-electron chi connectivity index (χ3n) is 3.09. The Balaban J connectivity index is 2.07. The molecule has 0 atom stereocenters. The van der Waals surface area contributed by atoms with E-state index in [1.165, 1.54) is 12.8 Å². The first kappa shape index (κ1) is 10.8. The Labute approximate surface area is 105 Å². The monoisotopic (exact) mass is 248 g/mol. The highest BCUT2D eigenvalue weighted by atomic mass is 35.5. The van der Waals surface area contributed by atoms with Crippen molar-refractivity contribution in [1.29, 1.82) is 0 Å². The van der Waals surface area contributed by atoms with E-state index in [0.29, 0.717) is 5.92 Å². The molecule has 0 bridgehead atoms. The molecule has 1 N–H and O–H groups in total. The van der Waals surface area contributed by atoms with Crippen LogP contribution in [0.1, 0.15) is 30.0 Å². The van der Waals surface area contributed by atoms with Gasteiger partial charge in [-0.25, -0.2) is 4.68 Å². The molecule has 1 saturated carbocycles. The largest absolute Gasteiger partial charge is 0.392 e. The van der Waals surface area contributed by atoms with E-state index in [1.807, 2.05) is 28.9 Å². The molecule has 4 heteroatoms. The highest BCUT2D eigenvalue weighted by Crippen LogP contribution is 2.42. The van der Waals surface area contributed by atoms with Crippen molar-refractivity contribution in [3.05, 3.63) is 46.7 Å². The van der Waals surface area contributed by atoms with Gasteiger partial charge in [0.15, 0.2) is 0 Å². The molecule has 1 aromatic heterocycles. The van der Waals surface area contributed by atoms with Gasteiger partial charge >= 0.3 is 0 Å². The SMILES string of the molecule is OCc1cnn(-c2ccc(Cl)cc2)c1C1CC1. The molecule has 1 aliphatic rings. The van der Waals surface area contributed by atoms with Crippen molar-refractivity contribution >= 4 is 11.6 Å². The van der Waals surface area contributed by atoms with Crippen molar-refractivity contribution in [3.8, 4) is 5.69 Å². The quantitative estimate of drug-likeness (QED) is 0.907. The Bertz CT molecular complexity index is 529. The van der Waals surface area contributed by atoms with Crippen molar-refractivity contribution in [2.24, 2.45) is 0 Å². The van der Waals surface area contributed by atoms with Crippen LogP contribution >= 0.6 is 11.6 Å². The van der Waals surface area contributed by atoms with Crippen molar-refractivity contribution in [3.63, 3.8) is 0 Å². The number of aromatic nitrogens is 2. The number of aliphatic hydroxyl groups excluding tert-OH is 1. The Morgan fingerprint density at radius 3 is 2.59 bits per heavy atom. The fourth-order valence-electron chi connectivity index (χ4n) is 2.09. The van der Waals surface area contributed by atoms with Crippen molar-refractivity contribution in [2.45, 2.75) is 25.4 Å². The Morgan fingerprint density at radius 2 is 2.00 bits per heavy atom. The Kier molecular flexibility index (Phi) is 2.65. The molecule has 0 radical (unpaired) electrons. The van der Waals surface area contributed by atoms with E-state index in [9.17, 15) is 5.11 Å². The molecule has 0 saturated heterocycles. The summed E-state index contributed by atoms with van der Waals surface area (Å²) in [6.45, 7) is 0.0550. The Hall–Kier alpha value is -1.32. The molecule has 0 amide bonds. The summed E-state index contributed by atoms with van der Waals surface area (Å²) in [5.41, 5.74) is 3.08. The maximum absolute atomic E-state index is 9.33. The molecule has 17 heavy (non-hydrogen) atoms. The third-order valence-corrected chi connectivity index (χ3v) is 3.34. The van der Waals surface area contributed by atoms with Crippen molar-refractivity contribution < 1.29 is 5.11 Å². The molecular weight excluding hydrogens is 236 g/mol. The topological polar surface area (TPSA) is 38.1 Å². The number of halogens is 1. The summed E-state index contributed by atoms with van der Waals surface area (Å²) in [6.07, 6.45) is 4.13. The average Bonchev–Trinajstić information content (AvgIpc) is 3.10. The van der Waals surface area contributed by atoms with E-state index in [2.05, 4.69) is 5.10 Å². The summed E-state index contributed by atoms with van der Waals surface area (Å²) in [4.78, 5) is 0. The summed E-state index contributed by atoms with van der Waals surface area (Å²) >= 11 is 5.88. The van der Waals surface area contributed by atoms with Crippen LogP contribution in [0.25, 0.3) is 5.69 Å². The lowest BCUT2D eigenvalue weighted by molar-refractivity contribution is 0.280. The number of hydrogen-bond donors (Lipinski definition) is 1. The van der Waals surface area contributed by atoms with Crippen LogP contribution < -0.4 is 0 Å². The maximum atomic E-state index is 9.33. The molecule has 3 rings (SSSR count). The molecule has 1 fully saturated rings. The van der Waals surface area contributed by atoms with Gasteiger partial charge in [-0.2, -0.15) is 5.10 Å². The average molecular weight is 249 g/mol. The van der Waals surface area contributed by atoms with Crippen LogP contribution in [0, 0.1) is 0 Å². The van der Waals surface area contributed by atoms with Crippen LogP contribution in [0.3, 0.4) is 0 Å². The second-order valence-corrected chi connectivity index (χ2v) is 4.81. The van der Waals surface area contributed by atoms with Crippen LogP contribution in [0.15, 0.2) is 30.5 Å². The first-order chi connectivity index (χ1) is 8.29. The van der Waals surface area contributed by atoms with E-state index in [-0.39, 0.29) is 6.61 Å². The summed E-state index contributed by atoms with van der Waals surface area (Å²) in [6, 6.07) is 7.60. The lowest BCUT2D eigenvalue weighted by Gasteiger charge is -2.08. The number of rotatable bonds is 3. The maximum Gasteiger partial charge on any atom is 0.0715 e. The summed E-state index contributed by atoms with van der Waals surface area (Å²) in [5.74, 6) is 0.551. The number of hydrogen-bond acceptors (Lipinski definition) is 2. The minimum Gasteiger partial charge on any atom is -0.392 e. The second kappa shape index (κ2) is 4.17. The van der Waals surface area contributed by atoms with Crippen LogP contribution in [0.2, 0.25) is 5.02 Å². The minimum atomic E-state index is 0.0550. The van der Waals surface area contributed by atoms with E-state index in [0.717, 1.165) is 22.0 Å². The molecule has 1 aromatic carbocycles. The molecule has 0 spiro atoms. The smallest absolute Gasteiger partial charge is 0.0715 e. The molecular formula is C13H13ClN2O. The number of benzene rings is 1. The van der Waals surface area contributed by atoms with Gasteiger partial charge in [0.1, 0.15) is 0 Å².